The second-order valence-electron chi connectivity index (χ2n) is 4.48. The number of carbonyl (C=O) groups is 1. The minimum absolute atomic E-state index is 0.0731. The average molecular weight is 245 g/mol. The number of nitriles is 1. The Kier molecular flexibility index (Phi) is 3.92. The first-order valence-electron chi connectivity index (χ1n) is 5.84. The Morgan fingerprint density at radius 3 is 2.67 bits per heavy atom. The van der Waals surface area contributed by atoms with Crippen LogP contribution in [-0.4, -0.2) is 42.2 Å². The van der Waals surface area contributed by atoms with Gasteiger partial charge in [0.25, 0.3) is 0 Å². The summed E-state index contributed by atoms with van der Waals surface area (Å²) in [4.78, 5) is 13.7. The van der Waals surface area contributed by atoms with Crippen LogP contribution in [0.5, 0.6) is 0 Å². The van der Waals surface area contributed by atoms with Gasteiger partial charge in [-0.2, -0.15) is 5.26 Å². The predicted octanol–water partition coefficient (Wildman–Crippen LogP) is 0.421. The summed E-state index contributed by atoms with van der Waals surface area (Å²) in [7, 11) is 0. The number of rotatable bonds is 4. The standard InChI is InChI=1S/C13H15N3O2/c14-5-10-1-3-12(4-2-10)15-13(18)8-16-6-11(7-16)9-17/h1-4,11,17H,6-9H2,(H,15,18). The highest BCUT2D eigenvalue weighted by molar-refractivity contribution is 5.92. The van der Waals surface area contributed by atoms with Gasteiger partial charge in [0.2, 0.25) is 5.91 Å². The second-order valence-corrected chi connectivity index (χ2v) is 4.48. The molecule has 18 heavy (non-hydrogen) atoms. The number of aliphatic hydroxyl groups excluding tert-OH is 1. The van der Waals surface area contributed by atoms with Crippen LogP contribution in [0.4, 0.5) is 5.69 Å². The van der Waals surface area contributed by atoms with Gasteiger partial charge in [0, 0.05) is 31.3 Å². The molecule has 0 aromatic heterocycles. The lowest BCUT2D eigenvalue weighted by Gasteiger charge is -2.37. The smallest absolute Gasteiger partial charge is 0.238 e. The number of benzene rings is 1. The number of aliphatic hydroxyl groups is 1. The van der Waals surface area contributed by atoms with E-state index in [0.717, 1.165) is 13.1 Å². The number of amides is 1. The van der Waals surface area contributed by atoms with Gasteiger partial charge in [-0.25, -0.2) is 0 Å². The van der Waals surface area contributed by atoms with E-state index in [-0.39, 0.29) is 12.5 Å². The topological polar surface area (TPSA) is 76.4 Å². The number of nitrogens with zero attached hydrogens (tertiary/aromatic N) is 2. The summed E-state index contributed by atoms with van der Waals surface area (Å²) in [6.45, 7) is 2.08. The van der Waals surface area contributed by atoms with Gasteiger partial charge in [-0.05, 0) is 24.3 Å². The van der Waals surface area contributed by atoms with Crippen molar-refractivity contribution in [2.75, 3.05) is 31.6 Å². The van der Waals surface area contributed by atoms with Gasteiger partial charge in [0.1, 0.15) is 0 Å². The fourth-order valence-corrected chi connectivity index (χ4v) is 1.95. The molecule has 2 rings (SSSR count). The highest BCUT2D eigenvalue weighted by atomic mass is 16.3. The molecule has 0 aliphatic carbocycles. The number of hydrogen-bond acceptors (Lipinski definition) is 4. The van der Waals surface area contributed by atoms with Crippen molar-refractivity contribution in [3.8, 4) is 6.07 Å². The molecule has 1 aromatic rings. The fraction of sp³-hybridized carbons (Fsp3) is 0.385. The van der Waals surface area contributed by atoms with Crippen LogP contribution in [0.3, 0.4) is 0 Å². The normalized spacial score (nSPS) is 15.8. The lowest BCUT2D eigenvalue weighted by Crippen LogP contribution is -2.51. The first-order chi connectivity index (χ1) is 8.71. The molecule has 2 N–H and O–H groups in total. The van der Waals surface area contributed by atoms with E-state index >= 15 is 0 Å². The van der Waals surface area contributed by atoms with E-state index in [1.165, 1.54) is 0 Å². The van der Waals surface area contributed by atoms with Crippen molar-refractivity contribution < 1.29 is 9.90 Å². The average Bonchev–Trinajstić information content (AvgIpc) is 2.34. The Morgan fingerprint density at radius 2 is 2.11 bits per heavy atom. The van der Waals surface area contributed by atoms with Crippen LogP contribution in [0.1, 0.15) is 5.56 Å². The highest BCUT2D eigenvalue weighted by Gasteiger charge is 2.27. The quantitative estimate of drug-likeness (QED) is 0.806. The van der Waals surface area contributed by atoms with E-state index in [9.17, 15) is 4.79 Å². The van der Waals surface area contributed by atoms with E-state index in [1.807, 2.05) is 11.0 Å². The number of likely N-dealkylation sites (tertiary alicyclic amines) is 1. The lowest BCUT2D eigenvalue weighted by molar-refractivity contribution is -0.119. The molecular formula is C13H15N3O2. The lowest BCUT2D eigenvalue weighted by atomic mass is 10.0. The van der Waals surface area contributed by atoms with E-state index in [0.29, 0.717) is 23.7 Å². The van der Waals surface area contributed by atoms with Gasteiger partial charge in [-0.15, -0.1) is 0 Å². The zero-order valence-electron chi connectivity index (χ0n) is 9.97. The van der Waals surface area contributed by atoms with Crippen LogP contribution in [0.2, 0.25) is 0 Å². The number of nitrogens with one attached hydrogen (secondary N) is 1. The maximum atomic E-state index is 11.7. The summed E-state index contributed by atoms with van der Waals surface area (Å²) in [6.07, 6.45) is 0. The van der Waals surface area contributed by atoms with Crippen molar-refractivity contribution in [3.63, 3.8) is 0 Å². The van der Waals surface area contributed by atoms with Gasteiger partial charge in [-0.3, -0.25) is 9.69 Å². The first kappa shape index (κ1) is 12.6. The molecule has 1 aromatic carbocycles. The van der Waals surface area contributed by atoms with Crippen molar-refractivity contribution >= 4 is 11.6 Å². The summed E-state index contributed by atoms with van der Waals surface area (Å²) < 4.78 is 0. The molecule has 5 nitrogen and oxygen atoms in total. The molecule has 1 amide bonds. The SMILES string of the molecule is N#Cc1ccc(NC(=O)CN2CC(CO)C2)cc1. The summed E-state index contributed by atoms with van der Waals surface area (Å²) in [5.74, 6) is 0.240. The van der Waals surface area contributed by atoms with Crippen LogP contribution in [0.15, 0.2) is 24.3 Å². The van der Waals surface area contributed by atoms with Gasteiger partial charge in [-0.1, -0.05) is 0 Å². The zero-order chi connectivity index (χ0) is 13.0. The molecule has 0 radical (unpaired) electrons. The minimum atomic E-state index is -0.0731. The van der Waals surface area contributed by atoms with Crippen molar-refractivity contribution in [1.29, 1.82) is 5.26 Å². The second kappa shape index (κ2) is 5.63. The van der Waals surface area contributed by atoms with E-state index in [1.54, 1.807) is 24.3 Å². The van der Waals surface area contributed by atoms with Crippen LogP contribution in [-0.2, 0) is 4.79 Å². The highest BCUT2D eigenvalue weighted by Crippen LogP contribution is 2.14. The van der Waals surface area contributed by atoms with Gasteiger partial charge in [0.05, 0.1) is 18.2 Å². The number of anilines is 1. The van der Waals surface area contributed by atoms with Gasteiger partial charge >= 0.3 is 0 Å². The van der Waals surface area contributed by atoms with Crippen molar-refractivity contribution in [1.82, 2.24) is 4.90 Å². The Bertz CT molecular complexity index is 458. The molecule has 94 valence electrons. The van der Waals surface area contributed by atoms with Crippen LogP contribution in [0, 0.1) is 17.2 Å². The van der Waals surface area contributed by atoms with E-state index in [4.69, 9.17) is 10.4 Å². The monoisotopic (exact) mass is 245 g/mol. The third-order valence-corrected chi connectivity index (χ3v) is 2.96. The van der Waals surface area contributed by atoms with Crippen LogP contribution in [0.25, 0.3) is 0 Å². The van der Waals surface area contributed by atoms with Crippen molar-refractivity contribution in [3.05, 3.63) is 29.8 Å². The third-order valence-electron chi connectivity index (χ3n) is 2.96. The van der Waals surface area contributed by atoms with Crippen LogP contribution >= 0.6 is 0 Å². The third kappa shape index (κ3) is 3.06. The summed E-state index contributed by atoms with van der Waals surface area (Å²) in [5.41, 5.74) is 1.26. The largest absolute Gasteiger partial charge is 0.396 e. The summed E-state index contributed by atoms with van der Waals surface area (Å²) in [5, 5.41) is 20.3. The number of hydrogen-bond donors (Lipinski definition) is 2. The molecule has 1 aliphatic heterocycles. The van der Waals surface area contributed by atoms with E-state index < -0.39 is 0 Å². The zero-order valence-corrected chi connectivity index (χ0v) is 9.97. The molecule has 1 heterocycles. The first-order valence-corrected chi connectivity index (χ1v) is 5.84. The molecule has 1 aliphatic rings. The van der Waals surface area contributed by atoms with Gasteiger partial charge in [0.15, 0.2) is 0 Å². The summed E-state index contributed by atoms with van der Waals surface area (Å²) in [6, 6.07) is 8.78. The molecule has 5 heteroatoms. The van der Waals surface area contributed by atoms with Crippen molar-refractivity contribution in [2.45, 2.75) is 0 Å². The molecule has 1 saturated heterocycles. The Hall–Kier alpha value is -1.90. The molecule has 1 fully saturated rings. The van der Waals surface area contributed by atoms with E-state index in [2.05, 4.69) is 5.32 Å². The Labute approximate surface area is 106 Å². The molecule has 0 spiro atoms. The van der Waals surface area contributed by atoms with Gasteiger partial charge < -0.3 is 10.4 Å². The predicted molar refractivity (Wildman–Crippen MR) is 66.8 cm³/mol. The Morgan fingerprint density at radius 1 is 1.44 bits per heavy atom. The molecule has 0 saturated carbocycles. The molecular weight excluding hydrogens is 230 g/mol. The molecule has 0 bridgehead atoms. The fourth-order valence-electron chi connectivity index (χ4n) is 1.95. The van der Waals surface area contributed by atoms with Crippen LogP contribution < -0.4 is 5.32 Å². The number of carbonyl (C=O) groups excluding carboxylic acids is 1. The maximum Gasteiger partial charge on any atom is 0.238 e. The summed E-state index contributed by atoms with van der Waals surface area (Å²) >= 11 is 0. The van der Waals surface area contributed by atoms with Crippen molar-refractivity contribution in [2.24, 2.45) is 5.92 Å². The maximum absolute atomic E-state index is 11.7. The Balaban J connectivity index is 1.79. The molecule has 0 unspecified atom stereocenters. The minimum Gasteiger partial charge on any atom is -0.396 e. The molecule has 0 atom stereocenters.